The van der Waals surface area contributed by atoms with Crippen LogP contribution < -0.4 is 4.74 Å². The van der Waals surface area contributed by atoms with Gasteiger partial charge in [-0.3, -0.25) is 4.68 Å². The molecule has 5 rings (SSSR count). The first kappa shape index (κ1) is 45.7. The molecule has 0 radical (unpaired) electrons. The summed E-state index contributed by atoms with van der Waals surface area (Å²) in [4.78, 5) is 40.7. The SMILES string of the molecule is N#CCC(CN1CCC(Oc2cc(F)cc(C#N)c2)CC1)n1cc(-c2ncnc3[nH]ccc23)cn1.O=C(O)C(F)(F)F.O=C(O)C(F)(F)F.O=C(O)C(F)(F)F. The average molecular weight is 813 g/mol. The number of aromatic amines is 1. The molecule has 0 amide bonds. The zero-order valence-electron chi connectivity index (χ0n) is 27.9. The van der Waals surface area contributed by atoms with Crippen molar-refractivity contribution in [2.45, 2.75) is 49.9 Å². The molecule has 1 fully saturated rings. The summed E-state index contributed by atoms with van der Waals surface area (Å²) >= 11 is 0. The minimum atomic E-state index is -5.08. The van der Waals surface area contributed by atoms with E-state index in [2.05, 4.69) is 31.0 Å². The quantitative estimate of drug-likeness (QED) is 0.164. The monoisotopic (exact) mass is 812 g/mol. The van der Waals surface area contributed by atoms with Crippen molar-refractivity contribution in [3.05, 3.63) is 60.6 Å². The van der Waals surface area contributed by atoms with E-state index in [0.29, 0.717) is 18.7 Å². The van der Waals surface area contributed by atoms with Crippen LogP contribution in [0.1, 0.15) is 30.9 Å². The van der Waals surface area contributed by atoms with Crippen LogP contribution in [0.15, 0.2) is 49.2 Å². The highest BCUT2D eigenvalue weighted by molar-refractivity contribution is 5.90. The highest BCUT2D eigenvalue weighted by Gasteiger charge is 2.39. The number of ether oxygens (including phenoxy) is 1. The first-order valence-corrected chi connectivity index (χ1v) is 15.2. The Morgan fingerprint density at radius 1 is 0.911 bits per heavy atom. The molecule has 4 heterocycles. The maximum Gasteiger partial charge on any atom is 0.490 e. The van der Waals surface area contributed by atoms with E-state index in [0.717, 1.165) is 48.2 Å². The van der Waals surface area contributed by atoms with Crippen molar-refractivity contribution < 1.29 is 78.3 Å². The smallest absolute Gasteiger partial charge is 0.490 e. The van der Waals surface area contributed by atoms with Gasteiger partial charge in [-0.15, -0.1) is 0 Å². The number of H-pyrrole nitrogens is 1. The van der Waals surface area contributed by atoms with Gasteiger partial charge in [0, 0.05) is 49.0 Å². The van der Waals surface area contributed by atoms with Crippen LogP contribution in [0, 0.1) is 28.5 Å². The van der Waals surface area contributed by atoms with Gasteiger partial charge in [-0.2, -0.15) is 55.1 Å². The largest absolute Gasteiger partial charge is 0.490 e. The third-order valence-corrected chi connectivity index (χ3v) is 6.96. The maximum absolute atomic E-state index is 13.7. The topological polar surface area (TPSA) is 231 Å². The molecular weight excluding hydrogens is 786 g/mol. The molecule has 15 nitrogen and oxygen atoms in total. The van der Waals surface area contributed by atoms with E-state index in [-0.39, 0.29) is 17.7 Å². The van der Waals surface area contributed by atoms with Gasteiger partial charge in [0.2, 0.25) is 0 Å². The van der Waals surface area contributed by atoms with E-state index in [1.54, 1.807) is 12.3 Å². The number of carbonyl (C=O) groups is 3. The summed E-state index contributed by atoms with van der Waals surface area (Å²) in [6, 6.07) is 10.1. The fraction of sp³-hybridized carbons (Fsp3) is 0.355. The summed E-state index contributed by atoms with van der Waals surface area (Å²) < 4.78 is 117. The molecule has 1 aromatic carbocycles. The molecule has 25 heteroatoms. The number of nitrogens with zero attached hydrogens (tertiary/aromatic N) is 7. The highest BCUT2D eigenvalue weighted by Crippen LogP contribution is 2.27. The van der Waals surface area contributed by atoms with Crippen LogP contribution in [0.5, 0.6) is 5.75 Å². The predicted octanol–water partition coefficient (Wildman–Crippen LogP) is 5.73. The lowest BCUT2D eigenvalue weighted by atomic mass is 10.1. The fourth-order valence-electron chi connectivity index (χ4n) is 4.51. The number of hydrogen-bond acceptors (Lipinski definition) is 10. The summed E-state index contributed by atoms with van der Waals surface area (Å²) in [7, 11) is 0. The number of nitriles is 2. The number of hydrogen-bond donors (Lipinski definition) is 4. The lowest BCUT2D eigenvalue weighted by Crippen LogP contribution is -2.41. The Balaban J connectivity index is 0.000000423. The zero-order valence-corrected chi connectivity index (χ0v) is 27.9. The van der Waals surface area contributed by atoms with Gasteiger partial charge >= 0.3 is 36.4 Å². The number of fused-ring (bicyclic) bond motifs is 1. The van der Waals surface area contributed by atoms with Crippen LogP contribution in [-0.2, 0) is 14.4 Å². The Hall–Kier alpha value is -6.50. The minimum Gasteiger partial charge on any atom is -0.490 e. The molecule has 0 saturated carbocycles. The molecule has 1 unspecified atom stereocenters. The Kier molecular flexibility index (Phi) is 16.1. The Morgan fingerprint density at radius 3 is 1.96 bits per heavy atom. The zero-order chi connectivity index (χ0) is 42.4. The predicted molar refractivity (Wildman–Crippen MR) is 167 cm³/mol. The summed E-state index contributed by atoms with van der Waals surface area (Å²) in [5.74, 6) is -8.37. The van der Waals surface area contributed by atoms with Gasteiger partial charge in [-0.1, -0.05) is 0 Å². The normalized spacial score (nSPS) is 13.9. The van der Waals surface area contributed by atoms with Crippen LogP contribution in [-0.4, -0.2) is 107 Å². The van der Waals surface area contributed by atoms with E-state index in [4.69, 9.17) is 39.7 Å². The summed E-state index contributed by atoms with van der Waals surface area (Å²) in [5.41, 5.74) is 2.69. The Morgan fingerprint density at radius 2 is 1.46 bits per heavy atom. The molecule has 4 N–H and O–H groups in total. The van der Waals surface area contributed by atoms with Gasteiger partial charge in [-0.25, -0.2) is 28.7 Å². The minimum absolute atomic E-state index is 0.0492. The van der Waals surface area contributed by atoms with Crippen LogP contribution in [0.25, 0.3) is 22.3 Å². The number of likely N-dealkylation sites (tertiary alicyclic amines) is 1. The summed E-state index contributed by atoms with van der Waals surface area (Å²) in [5, 5.41) is 45.3. The maximum atomic E-state index is 13.7. The van der Waals surface area contributed by atoms with Gasteiger partial charge in [0.15, 0.2) is 0 Å². The molecule has 3 aromatic heterocycles. The van der Waals surface area contributed by atoms with Crippen LogP contribution in [0.4, 0.5) is 43.9 Å². The van der Waals surface area contributed by atoms with E-state index in [1.807, 2.05) is 29.2 Å². The van der Waals surface area contributed by atoms with Gasteiger partial charge in [0.25, 0.3) is 0 Å². The van der Waals surface area contributed by atoms with Crippen LogP contribution in [0.3, 0.4) is 0 Å². The summed E-state index contributed by atoms with van der Waals surface area (Å²) in [6.45, 7) is 2.26. The lowest BCUT2D eigenvalue weighted by molar-refractivity contribution is -0.193. The number of carboxylic acids is 3. The number of aliphatic carboxylic acids is 3. The molecule has 0 spiro atoms. The van der Waals surface area contributed by atoms with Crippen LogP contribution in [0.2, 0.25) is 0 Å². The molecule has 1 atom stereocenters. The van der Waals surface area contributed by atoms with Crippen molar-refractivity contribution in [3.8, 4) is 29.1 Å². The first-order chi connectivity index (χ1) is 26.0. The van der Waals surface area contributed by atoms with E-state index < -0.39 is 42.3 Å². The molecule has 1 saturated heterocycles. The number of carboxylic acid groups (broad SMARTS) is 3. The highest BCUT2D eigenvalue weighted by atomic mass is 19.4. The molecule has 56 heavy (non-hydrogen) atoms. The number of piperidine rings is 1. The third-order valence-electron chi connectivity index (χ3n) is 6.96. The number of halogens is 10. The lowest BCUT2D eigenvalue weighted by Gasteiger charge is -2.34. The number of nitrogens with one attached hydrogen (secondary N) is 1. The fourth-order valence-corrected chi connectivity index (χ4v) is 4.51. The van der Waals surface area contributed by atoms with Gasteiger partial charge in [0.1, 0.15) is 29.6 Å². The van der Waals surface area contributed by atoms with E-state index in [9.17, 15) is 49.2 Å². The van der Waals surface area contributed by atoms with Crippen molar-refractivity contribution in [1.29, 1.82) is 10.5 Å². The van der Waals surface area contributed by atoms with Gasteiger partial charge in [0.05, 0.1) is 42.1 Å². The van der Waals surface area contributed by atoms with E-state index >= 15 is 0 Å². The van der Waals surface area contributed by atoms with Gasteiger partial charge in [-0.05, 0) is 31.0 Å². The molecule has 4 aromatic rings. The molecule has 1 aliphatic heterocycles. The molecule has 1 aliphatic rings. The molecular formula is C31H26F10N8O7. The van der Waals surface area contributed by atoms with Crippen molar-refractivity contribution in [1.82, 2.24) is 29.6 Å². The molecule has 0 bridgehead atoms. The van der Waals surface area contributed by atoms with Crippen LogP contribution >= 0.6 is 0 Å². The number of benzene rings is 1. The van der Waals surface area contributed by atoms with Crippen molar-refractivity contribution in [3.63, 3.8) is 0 Å². The standard InChI is InChI=1S/C25H23FN8O.3C2HF3O2/c26-19-9-17(12-28)10-22(11-19)35-21-3-7-33(8-4-21)15-20(1-5-27)34-14-18(13-32-34)24-23-2-6-29-25(23)31-16-30-24;3*3-2(4,5)1(6)7/h2,6,9-11,13-14,16,20-21H,1,3-4,7-8,15H2,(H,29,30,31);3*(H,6,7). The van der Waals surface area contributed by atoms with E-state index in [1.165, 1.54) is 18.5 Å². The average Bonchev–Trinajstić information content (AvgIpc) is 3.79. The Labute approximate surface area is 307 Å². The number of aromatic nitrogens is 5. The third kappa shape index (κ3) is 14.7. The van der Waals surface area contributed by atoms with Crippen molar-refractivity contribution in [2.75, 3.05) is 19.6 Å². The van der Waals surface area contributed by atoms with Crippen molar-refractivity contribution in [2.24, 2.45) is 0 Å². The Bertz CT molecular complexity index is 1970. The van der Waals surface area contributed by atoms with Gasteiger partial charge < -0.3 is 29.9 Å². The molecule has 0 aliphatic carbocycles. The number of rotatable bonds is 7. The number of alkyl halides is 9. The molecule has 302 valence electrons. The van der Waals surface area contributed by atoms with Crippen molar-refractivity contribution >= 4 is 28.9 Å². The second-order valence-corrected chi connectivity index (χ2v) is 11.0. The second kappa shape index (κ2) is 19.7. The first-order valence-electron chi connectivity index (χ1n) is 15.2. The summed E-state index contributed by atoms with van der Waals surface area (Å²) in [6.07, 6.45) is -6.36. The second-order valence-electron chi connectivity index (χ2n) is 11.0.